The van der Waals surface area contributed by atoms with E-state index in [-0.39, 0.29) is 6.42 Å². The molecule has 0 bridgehead atoms. The zero-order valence-electron chi connectivity index (χ0n) is 10.9. The number of unbranched alkanes of at least 4 members (excludes halogenated alkanes) is 6. The van der Waals surface area contributed by atoms with Crippen molar-refractivity contribution in [3.8, 4) is 0 Å². The van der Waals surface area contributed by atoms with Gasteiger partial charge in [0, 0.05) is 13.0 Å². The zero-order chi connectivity index (χ0) is 13.7. The number of rotatable bonds is 11. The Morgan fingerprint density at radius 1 is 0.944 bits per heavy atom. The Hall–Kier alpha value is -0.730. The largest absolute Gasteiger partial charge is 0.389 e. The highest BCUT2D eigenvalue weighted by atomic mass is 19.4. The van der Waals surface area contributed by atoms with Gasteiger partial charge in [0.25, 0.3) is 0 Å². The van der Waals surface area contributed by atoms with Gasteiger partial charge in [0.15, 0.2) is 0 Å². The van der Waals surface area contributed by atoms with E-state index >= 15 is 0 Å². The van der Waals surface area contributed by atoms with E-state index in [1.54, 1.807) is 6.08 Å². The number of hydrogen-bond acceptors (Lipinski definition) is 1. The predicted molar refractivity (Wildman–Crippen MR) is 67.5 cm³/mol. The van der Waals surface area contributed by atoms with Gasteiger partial charge in [-0.25, -0.2) is 0 Å². The fourth-order valence-corrected chi connectivity index (χ4v) is 1.61. The quantitative estimate of drug-likeness (QED) is 0.376. The van der Waals surface area contributed by atoms with E-state index in [4.69, 9.17) is 4.74 Å². The first-order chi connectivity index (χ1) is 8.56. The van der Waals surface area contributed by atoms with Crippen LogP contribution in [0.5, 0.6) is 0 Å². The summed E-state index contributed by atoms with van der Waals surface area (Å²) >= 11 is 0. The average molecular weight is 264 g/mol. The van der Waals surface area contributed by atoms with Crippen molar-refractivity contribution in [2.75, 3.05) is 13.2 Å². The SMILES string of the molecule is C=C=CCOCCCCCCCCCC(F)(F)F. The maximum absolute atomic E-state index is 11.8. The molecule has 0 aromatic rings. The highest BCUT2D eigenvalue weighted by molar-refractivity contribution is 4.74. The molecule has 0 saturated carbocycles. The lowest BCUT2D eigenvalue weighted by molar-refractivity contribution is -0.135. The molecule has 1 nitrogen and oxygen atoms in total. The lowest BCUT2D eigenvalue weighted by Crippen LogP contribution is -2.06. The predicted octanol–water partition coefficient (Wildman–Crippen LogP) is 5.03. The fourth-order valence-electron chi connectivity index (χ4n) is 1.61. The Bertz CT molecular complexity index is 230. The average Bonchev–Trinajstić information content (AvgIpc) is 2.29. The smallest absolute Gasteiger partial charge is 0.377 e. The summed E-state index contributed by atoms with van der Waals surface area (Å²) in [5.41, 5.74) is 2.63. The fraction of sp³-hybridized carbons (Fsp3) is 0.786. The topological polar surface area (TPSA) is 9.23 Å². The summed E-state index contributed by atoms with van der Waals surface area (Å²) in [5, 5.41) is 0. The molecular formula is C14H23F3O. The van der Waals surface area contributed by atoms with E-state index in [1.807, 2.05) is 0 Å². The van der Waals surface area contributed by atoms with Crippen molar-refractivity contribution in [3.63, 3.8) is 0 Å². The summed E-state index contributed by atoms with van der Waals surface area (Å²) in [5.74, 6) is 0. The van der Waals surface area contributed by atoms with Crippen LogP contribution in [-0.2, 0) is 4.74 Å². The molecule has 0 radical (unpaired) electrons. The third kappa shape index (κ3) is 15.3. The van der Waals surface area contributed by atoms with E-state index in [0.29, 0.717) is 13.0 Å². The van der Waals surface area contributed by atoms with Gasteiger partial charge in [0.05, 0.1) is 6.61 Å². The molecule has 0 aliphatic carbocycles. The molecule has 0 rings (SSSR count). The van der Waals surface area contributed by atoms with Crippen LogP contribution < -0.4 is 0 Å². The standard InChI is InChI=1S/C14H23F3O/c1-2-3-12-18-13-10-8-6-4-5-7-9-11-14(15,16)17/h3H,1,4-13H2. The van der Waals surface area contributed by atoms with E-state index in [9.17, 15) is 13.2 Å². The molecule has 0 spiro atoms. The normalized spacial score (nSPS) is 11.3. The van der Waals surface area contributed by atoms with Crippen LogP contribution in [0.15, 0.2) is 18.4 Å². The van der Waals surface area contributed by atoms with Gasteiger partial charge in [-0.3, -0.25) is 0 Å². The van der Waals surface area contributed by atoms with Crippen molar-refractivity contribution >= 4 is 0 Å². The first-order valence-corrected chi connectivity index (χ1v) is 6.55. The Kier molecular flexibility index (Phi) is 10.9. The van der Waals surface area contributed by atoms with Crippen LogP contribution in [0.2, 0.25) is 0 Å². The van der Waals surface area contributed by atoms with Crippen molar-refractivity contribution in [2.24, 2.45) is 0 Å². The highest BCUT2D eigenvalue weighted by Gasteiger charge is 2.25. The third-order valence-electron chi connectivity index (χ3n) is 2.59. The van der Waals surface area contributed by atoms with Crippen LogP contribution in [0, 0.1) is 0 Å². The van der Waals surface area contributed by atoms with Crippen molar-refractivity contribution in [1.29, 1.82) is 0 Å². The second kappa shape index (κ2) is 11.4. The Morgan fingerprint density at radius 3 is 2.06 bits per heavy atom. The molecule has 0 aromatic carbocycles. The van der Waals surface area contributed by atoms with Crippen LogP contribution in [0.1, 0.15) is 51.4 Å². The molecule has 4 heteroatoms. The molecule has 0 aliphatic heterocycles. The van der Waals surface area contributed by atoms with Gasteiger partial charge < -0.3 is 4.74 Å². The molecule has 0 saturated heterocycles. The van der Waals surface area contributed by atoms with E-state index in [0.717, 1.165) is 38.7 Å². The number of ether oxygens (including phenoxy) is 1. The lowest BCUT2D eigenvalue weighted by Gasteiger charge is -2.05. The molecule has 0 fully saturated rings. The van der Waals surface area contributed by atoms with Crippen LogP contribution in [0.3, 0.4) is 0 Å². The Balaban J connectivity index is 3.05. The van der Waals surface area contributed by atoms with Gasteiger partial charge in [-0.05, 0) is 18.9 Å². The molecule has 0 unspecified atom stereocenters. The van der Waals surface area contributed by atoms with Crippen LogP contribution >= 0.6 is 0 Å². The van der Waals surface area contributed by atoms with Gasteiger partial charge in [-0.2, -0.15) is 13.2 Å². The van der Waals surface area contributed by atoms with Crippen LogP contribution in [-0.4, -0.2) is 19.4 Å². The monoisotopic (exact) mass is 264 g/mol. The Morgan fingerprint density at radius 2 is 1.50 bits per heavy atom. The minimum atomic E-state index is -3.99. The third-order valence-corrected chi connectivity index (χ3v) is 2.59. The van der Waals surface area contributed by atoms with E-state index in [1.165, 1.54) is 0 Å². The first-order valence-electron chi connectivity index (χ1n) is 6.55. The molecule has 18 heavy (non-hydrogen) atoms. The van der Waals surface area contributed by atoms with Crippen molar-refractivity contribution in [1.82, 2.24) is 0 Å². The lowest BCUT2D eigenvalue weighted by atomic mass is 10.1. The highest BCUT2D eigenvalue weighted by Crippen LogP contribution is 2.23. The second-order valence-electron chi connectivity index (χ2n) is 4.32. The molecule has 0 aliphatic rings. The van der Waals surface area contributed by atoms with Crippen molar-refractivity contribution in [3.05, 3.63) is 18.4 Å². The molecular weight excluding hydrogens is 241 g/mol. The molecule has 0 heterocycles. The van der Waals surface area contributed by atoms with Gasteiger partial charge in [0.2, 0.25) is 0 Å². The van der Waals surface area contributed by atoms with E-state index < -0.39 is 12.6 Å². The molecule has 0 N–H and O–H groups in total. The van der Waals surface area contributed by atoms with Gasteiger partial charge in [-0.15, -0.1) is 5.73 Å². The first kappa shape index (κ1) is 17.3. The Labute approximate surface area is 108 Å². The van der Waals surface area contributed by atoms with Gasteiger partial charge >= 0.3 is 6.18 Å². The van der Waals surface area contributed by atoms with Gasteiger partial charge in [-0.1, -0.05) is 38.7 Å². The molecule has 0 aromatic heterocycles. The molecule has 0 atom stereocenters. The maximum atomic E-state index is 11.8. The van der Waals surface area contributed by atoms with Crippen molar-refractivity contribution < 1.29 is 17.9 Å². The maximum Gasteiger partial charge on any atom is 0.389 e. The zero-order valence-corrected chi connectivity index (χ0v) is 10.9. The van der Waals surface area contributed by atoms with Gasteiger partial charge in [0.1, 0.15) is 0 Å². The summed E-state index contributed by atoms with van der Waals surface area (Å²) in [6.45, 7) is 4.71. The number of hydrogen-bond donors (Lipinski definition) is 0. The summed E-state index contributed by atoms with van der Waals surface area (Å²) in [6, 6.07) is 0. The van der Waals surface area contributed by atoms with Crippen LogP contribution in [0.25, 0.3) is 0 Å². The van der Waals surface area contributed by atoms with E-state index in [2.05, 4.69) is 12.3 Å². The number of alkyl halides is 3. The second-order valence-corrected chi connectivity index (χ2v) is 4.32. The summed E-state index contributed by atoms with van der Waals surface area (Å²) in [6.07, 6.45) is 3.13. The number of halogens is 3. The minimum Gasteiger partial charge on any atom is -0.377 e. The summed E-state index contributed by atoms with van der Waals surface area (Å²) in [7, 11) is 0. The summed E-state index contributed by atoms with van der Waals surface area (Å²) in [4.78, 5) is 0. The molecule has 0 amide bonds. The minimum absolute atomic E-state index is 0.264. The van der Waals surface area contributed by atoms with Crippen molar-refractivity contribution in [2.45, 2.75) is 57.5 Å². The molecule has 106 valence electrons. The summed E-state index contributed by atoms with van der Waals surface area (Å²) < 4.78 is 40.8. The van der Waals surface area contributed by atoms with Crippen LogP contribution in [0.4, 0.5) is 13.2 Å².